The summed E-state index contributed by atoms with van der Waals surface area (Å²) in [7, 11) is 2.20. The van der Waals surface area contributed by atoms with Crippen LogP contribution in [0.1, 0.15) is 22.4 Å². The molecule has 0 N–H and O–H groups in total. The molecule has 0 bridgehead atoms. The van der Waals surface area contributed by atoms with Gasteiger partial charge in [-0.05, 0) is 47.5 Å². The summed E-state index contributed by atoms with van der Waals surface area (Å²) in [5.74, 6) is 1.65. The zero-order chi connectivity index (χ0) is 22.2. The number of ether oxygens (including phenoxy) is 2. The molecule has 33 heavy (non-hydrogen) atoms. The van der Waals surface area contributed by atoms with Crippen LogP contribution in [-0.4, -0.2) is 61.2 Å². The van der Waals surface area contributed by atoms with Gasteiger partial charge in [0.1, 0.15) is 13.2 Å². The van der Waals surface area contributed by atoms with Gasteiger partial charge in [0.2, 0.25) is 0 Å². The van der Waals surface area contributed by atoms with Crippen LogP contribution >= 0.6 is 0 Å². The smallest absolute Gasteiger partial charge is 0.161 e. The average molecular weight is 440 g/mol. The van der Waals surface area contributed by atoms with E-state index < -0.39 is 0 Å². The van der Waals surface area contributed by atoms with E-state index in [1.807, 2.05) is 12.3 Å². The fraction of sp³-hybridized carbons (Fsp3) is 0.321. The van der Waals surface area contributed by atoms with Crippen molar-refractivity contribution in [1.82, 2.24) is 14.8 Å². The number of hydrogen-bond donors (Lipinski definition) is 0. The molecule has 0 unspecified atom stereocenters. The minimum atomic E-state index is 0.600. The Morgan fingerprint density at radius 2 is 1.58 bits per heavy atom. The summed E-state index contributed by atoms with van der Waals surface area (Å²) in [6.07, 6.45) is 5.14. The maximum Gasteiger partial charge on any atom is 0.161 e. The number of benzene rings is 2. The van der Waals surface area contributed by atoms with E-state index in [2.05, 4.69) is 65.4 Å². The van der Waals surface area contributed by atoms with Crippen molar-refractivity contribution in [3.8, 4) is 22.6 Å². The van der Waals surface area contributed by atoms with Crippen molar-refractivity contribution in [3.63, 3.8) is 0 Å². The van der Waals surface area contributed by atoms with Gasteiger partial charge in [-0.15, -0.1) is 0 Å². The van der Waals surface area contributed by atoms with E-state index >= 15 is 0 Å². The van der Waals surface area contributed by atoms with Gasteiger partial charge in [-0.1, -0.05) is 36.4 Å². The van der Waals surface area contributed by atoms with Gasteiger partial charge in [0, 0.05) is 56.5 Å². The topological polar surface area (TPSA) is 37.8 Å². The van der Waals surface area contributed by atoms with Gasteiger partial charge < -0.3 is 14.4 Å². The highest BCUT2D eigenvalue weighted by Crippen LogP contribution is 2.38. The number of nitrogens with zero attached hydrogens (tertiary/aromatic N) is 3. The van der Waals surface area contributed by atoms with Crippen molar-refractivity contribution in [2.75, 3.05) is 46.4 Å². The van der Waals surface area contributed by atoms with Gasteiger partial charge in [-0.25, -0.2) is 0 Å². The zero-order valence-corrected chi connectivity index (χ0v) is 19.1. The second-order valence-corrected chi connectivity index (χ2v) is 9.17. The molecule has 0 radical (unpaired) electrons. The lowest BCUT2D eigenvalue weighted by Crippen LogP contribution is -2.43. The van der Waals surface area contributed by atoms with Crippen LogP contribution in [-0.2, 0) is 13.0 Å². The predicted octanol–water partition coefficient (Wildman–Crippen LogP) is 4.26. The number of rotatable bonds is 4. The Morgan fingerprint density at radius 1 is 0.818 bits per heavy atom. The number of piperazine rings is 1. The maximum absolute atomic E-state index is 5.80. The molecule has 0 amide bonds. The summed E-state index contributed by atoms with van der Waals surface area (Å²) < 4.78 is 11.5. The molecule has 168 valence electrons. The Balaban J connectivity index is 1.22. The number of pyridine rings is 1. The van der Waals surface area contributed by atoms with Gasteiger partial charge >= 0.3 is 0 Å². The van der Waals surface area contributed by atoms with Crippen molar-refractivity contribution in [2.45, 2.75) is 13.0 Å². The standard InChI is InChI=1S/C28H29N3O2/c1-30-10-12-31(13-11-30)19-20-2-4-21(5-3-20)23-16-25-24(7-8-26(25)29-18-23)22-6-9-27-28(17-22)33-15-14-32-27/h2-7,9,16-18H,8,10-15,19H2,1H3. The molecule has 0 spiro atoms. The van der Waals surface area contributed by atoms with E-state index in [4.69, 9.17) is 14.5 Å². The molecule has 1 aliphatic carbocycles. The Morgan fingerprint density at radius 3 is 2.39 bits per heavy atom. The molecule has 6 rings (SSSR count). The SMILES string of the molecule is CN1CCN(Cc2ccc(-c3cnc4c(c3)C(c3ccc5c(c3)OCCO5)=CC4)cc2)CC1. The van der Waals surface area contributed by atoms with Crippen LogP contribution in [0.5, 0.6) is 11.5 Å². The lowest BCUT2D eigenvalue weighted by molar-refractivity contribution is 0.148. The van der Waals surface area contributed by atoms with Crippen molar-refractivity contribution < 1.29 is 9.47 Å². The van der Waals surface area contributed by atoms with E-state index in [0.717, 1.165) is 67.5 Å². The molecule has 5 heteroatoms. The molecule has 5 nitrogen and oxygen atoms in total. The molecule has 1 fully saturated rings. The lowest BCUT2D eigenvalue weighted by atomic mass is 9.97. The molecule has 1 saturated heterocycles. The second-order valence-electron chi connectivity index (χ2n) is 9.17. The molecule has 0 atom stereocenters. The monoisotopic (exact) mass is 439 g/mol. The van der Waals surface area contributed by atoms with E-state index in [1.54, 1.807) is 0 Å². The zero-order valence-electron chi connectivity index (χ0n) is 19.1. The van der Waals surface area contributed by atoms with E-state index in [-0.39, 0.29) is 0 Å². The van der Waals surface area contributed by atoms with Crippen LogP contribution in [0.15, 0.2) is 60.8 Å². The number of likely N-dealkylation sites (N-methyl/N-ethyl adjacent to an activating group) is 1. The first-order chi connectivity index (χ1) is 16.2. The average Bonchev–Trinajstić information content (AvgIpc) is 3.29. The molecular weight excluding hydrogens is 410 g/mol. The van der Waals surface area contributed by atoms with E-state index in [1.165, 1.54) is 22.3 Å². The minimum Gasteiger partial charge on any atom is -0.486 e. The summed E-state index contributed by atoms with van der Waals surface area (Å²) >= 11 is 0. The van der Waals surface area contributed by atoms with Crippen LogP contribution in [0.25, 0.3) is 16.7 Å². The molecular formula is C28H29N3O2. The highest BCUT2D eigenvalue weighted by Gasteiger charge is 2.21. The molecule has 3 aliphatic rings. The van der Waals surface area contributed by atoms with Crippen LogP contribution in [0.2, 0.25) is 0 Å². The fourth-order valence-electron chi connectivity index (χ4n) is 4.91. The number of allylic oxidation sites excluding steroid dienone is 1. The van der Waals surface area contributed by atoms with Crippen molar-refractivity contribution in [3.05, 3.63) is 83.2 Å². The van der Waals surface area contributed by atoms with Gasteiger partial charge in [-0.3, -0.25) is 9.88 Å². The third kappa shape index (κ3) is 4.14. The third-order valence-corrected chi connectivity index (χ3v) is 6.90. The highest BCUT2D eigenvalue weighted by atomic mass is 16.6. The van der Waals surface area contributed by atoms with E-state index in [0.29, 0.717) is 13.2 Å². The van der Waals surface area contributed by atoms with Crippen molar-refractivity contribution in [1.29, 1.82) is 0 Å². The Kier molecular flexibility index (Phi) is 5.36. The van der Waals surface area contributed by atoms with Gasteiger partial charge in [0.05, 0.1) is 5.69 Å². The highest BCUT2D eigenvalue weighted by molar-refractivity contribution is 5.86. The van der Waals surface area contributed by atoms with Crippen molar-refractivity contribution >= 4 is 5.57 Å². The van der Waals surface area contributed by atoms with Crippen LogP contribution in [0.4, 0.5) is 0 Å². The minimum absolute atomic E-state index is 0.600. The quantitative estimate of drug-likeness (QED) is 0.608. The second kappa shape index (κ2) is 8.65. The van der Waals surface area contributed by atoms with Gasteiger partial charge in [0.25, 0.3) is 0 Å². The number of aromatic nitrogens is 1. The Labute approximate surface area is 195 Å². The summed E-state index contributed by atoms with van der Waals surface area (Å²) in [5, 5.41) is 0. The summed E-state index contributed by atoms with van der Waals surface area (Å²) in [6, 6.07) is 17.5. The van der Waals surface area contributed by atoms with Gasteiger partial charge in [-0.2, -0.15) is 0 Å². The van der Waals surface area contributed by atoms with Crippen LogP contribution in [0, 0.1) is 0 Å². The molecule has 1 aromatic heterocycles. The Bertz CT molecular complexity index is 1190. The predicted molar refractivity (Wildman–Crippen MR) is 131 cm³/mol. The fourth-order valence-corrected chi connectivity index (χ4v) is 4.91. The molecule has 2 aliphatic heterocycles. The number of hydrogen-bond acceptors (Lipinski definition) is 5. The van der Waals surface area contributed by atoms with Crippen molar-refractivity contribution in [2.24, 2.45) is 0 Å². The first kappa shape index (κ1) is 20.5. The molecule has 3 aromatic rings. The lowest BCUT2D eigenvalue weighted by Gasteiger charge is -2.32. The maximum atomic E-state index is 5.80. The molecule has 0 saturated carbocycles. The summed E-state index contributed by atoms with van der Waals surface area (Å²) in [4.78, 5) is 9.74. The first-order valence-corrected chi connectivity index (χ1v) is 11.8. The van der Waals surface area contributed by atoms with Crippen LogP contribution in [0.3, 0.4) is 0 Å². The summed E-state index contributed by atoms with van der Waals surface area (Å²) in [6.45, 7) is 6.82. The number of fused-ring (bicyclic) bond motifs is 2. The Hall–Kier alpha value is -3.15. The summed E-state index contributed by atoms with van der Waals surface area (Å²) in [5.41, 5.74) is 8.46. The largest absolute Gasteiger partial charge is 0.486 e. The third-order valence-electron chi connectivity index (χ3n) is 6.90. The molecule has 3 heterocycles. The first-order valence-electron chi connectivity index (χ1n) is 11.8. The normalized spacial score (nSPS) is 18.2. The van der Waals surface area contributed by atoms with Crippen LogP contribution < -0.4 is 9.47 Å². The molecule has 2 aromatic carbocycles. The van der Waals surface area contributed by atoms with E-state index in [9.17, 15) is 0 Å². The van der Waals surface area contributed by atoms with Gasteiger partial charge in [0.15, 0.2) is 11.5 Å².